The van der Waals surface area contributed by atoms with Crippen molar-refractivity contribution >= 4 is 25.7 Å². The number of amides is 1. The molecule has 0 spiro atoms. The van der Waals surface area contributed by atoms with E-state index in [1.54, 1.807) is 0 Å². The molecule has 0 aromatic rings. The Hall–Kier alpha value is -2.56. The SMILES string of the molecule is CCCCC/C=C\C/C=C\C/C=C\C/C=C\CCCCCCCC(=O)OCC(O)COP(=O)(O)OCC(NC(=O)CCCCCCCCCCCCCCCCCC)C(=O)O. The summed E-state index contributed by atoms with van der Waals surface area (Å²) in [4.78, 5) is 46.0. The summed E-state index contributed by atoms with van der Waals surface area (Å²) in [5, 5.41) is 21.9. The average Bonchev–Trinajstić information content (AvgIpc) is 3.24. The van der Waals surface area contributed by atoms with Crippen LogP contribution >= 0.6 is 7.82 Å². The first-order valence-electron chi connectivity index (χ1n) is 24.2. The first kappa shape index (κ1) is 58.4. The molecule has 0 radical (unpaired) electrons. The molecule has 11 nitrogen and oxygen atoms in total. The quantitative estimate of drug-likeness (QED) is 0.0200. The van der Waals surface area contributed by atoms with E-state index < -0.39 is 57.6 Å². The van der Waals surface area contributed by atoms with E-state index >= 15 is 0 Å². The molecule has 12 heteroatoms. The molecule has 0 aromatic heterocycles. The lowest BCUT2D eigenvalue weighted by atomic mass is 10.0. The Morgan fingerprint density at radius 1 is 0.525 bits per heavy atom. The van der Waals surface area contributed by atoms with Gasteiger partial charge in [-0.2, -0.15) is 0 Å². The molecular weight excluding hydrogens is 794 g/mol. The number of hydrogen-bond donors (Lipinski definition) is 4. The molecule has 0 fully saturated rings. The number of rotatable bonds is 45. The van der Waals surface area contributed by atoms with Gasteiger partial charge >= 0.3 is 19.8 Å². The summed E-state index contributed by atoms with van der Waals surface area (Å²) in [5.74, 6) is -2.39. The van der Waals surface area contributed by atoms with Gasteiger partial charge in [-0.15, -0.1) is 0 Å². The summed E-state index contributed by atoms with van der Waals surface area (Å²) in [6, 6.07) is -1.55. The number of hydrogen-bond acceptors (Lipinski definition) is 8. The Balaban J connectivity index is 3.89. The van der Waals surface area contributed by atoms with Gasteiger partial charge in [-0.3, -0.25) is 18.6 Å². The van der Waals surface area contributed by atoms with Gasteiger partial charge in [-0.25, -0.2) is 9.36 Å². The van der Waals surface area contributed by atoms with E-state index in [-0.39, 0.29) is 12.8 Å². The maximum atomic E-state index is 12.3. The largest absolute Gasteiger partial charge is 0.480 e. The van der Waals surface area contributed by atoms with Gasteiger partial charge < -0.3 is 25.2 Å². The normalized spacial score (nSPS) is 14.0. The first-order chi connectivity index (χ1) is 29.6. The van der Waals surface area contributed by atoms with Crippen molar-refractivity contribution in [2.45, 2.75) is 225 Å². The molecule has 0 aliphatic rings. The molecule has 0 aliphatic heterocycles. The Morgan fingerprint density at radius 3 is 1.38 bits per heavy atom. The number of nitrogens with one attached hydrogen (secondary N) is 1. The van der Waals surface area contributed by atoms with E-state index in [1.807, 2.05) is 0 Å². The lowest BCUT2D eigenvalue weighted by molar-refractivity contribution is -0.147. The third kappa shape index (κ3) is 43.9. The van der Waals surface area contributed by atoms with Gasteiger partial charge in [0.2, 0.25) is 5.91 Å². The number of carbonyl (C=O) groups is 3. The van der Waals surface area contributed by atoms with Crippen LogP contribution in [-0.4, -0.2) is 64.9 Å². The predicted octanol–water partition coefficient (Wildman–Crippen LogP) is 13.0. The summed E-state index contributed by atoms with van der Waals surface area (Å²) in [5.41, 5.74) is 0. The van der Waals surface area contributed by atoms with E-state index in [0.717, 1.165) is 70.6 Å². The van der Waals surface area contributed by atoms with Gasteiger partial charge in [0.15, 0.2) is 6.04 Å². The molecule has 1 amide bonds. The van der Waals surface area contributed by atoms with Crippen LogP contribution in [0.15, 0.2) is 48.6 Å². The highest BCUT2D eigenvalue weighted by molar-refractivity contribution is 7.47. The van der Waals surface area contributed by atoms with Crippen LogP contribution in [0.5, 0.6) is 0 Å². The fraction of sp³-hybridized carbons (Fsp3) is 0.776. The maximum absolute atomic E-state index is 12.3. The number of carbonyl (C=O) groups excluding carboxylic acids is 2. The van der Waals surface area contributed by atoms with Gasteiger partial charge in [0.1, 0.15) is 12.7 Å². The topological polar surface area (TPSA) is 169 Å². The van der Waals surface area contributed by atoms with Crippen LogP contribution in [0.3, 0.4) is 0 Å². The molecule has 3 atom stereocenters. The minimum atomic E-state index is -4.76. The summed E-state index contributed by atoms with van der Waals surface area (Å²) in [6.07, 6.45) is 49.8. The van der Waals surface area contributed by atoms with Gasteiger partial charge in [-0.05, 0) is 57.8 Å². The second-order valence-corrected chi connectivity index (χ2v) is 17.8. The number of unbranched alkanes of at least 4 members (excludes halogenated alkanes) is 23. The fourth-order valence-corrected chi connectivity index (χ4v) is 7.37. The molecule has 0 saturated heterocycles. The number of ether oxygens (including phenoxy) is 1. The number of phosphoric ester groups is 1. The Kier molecular flexibility index (Phi) is 42.2. The van der Waals surface area contributed by atoms with Crippen LogP contribution in [0, 0.1) is 0 Å². The fourth-order valence-electron chi connectivity index (χ4n) is 6.59. The van der Waals surface area contributed by atoms with Crippen molar-refractivity contribution in [3.63, 3.8) is 0 Å². The van der Waals surface area contributed by atoms with Crippen LogP contribution in [0.1, 0.15) is 213 Å². The minimum absolute atomic E-state index is 0.147. The molecule has 354 valence electrons. The number of aliphatic carboxylic acids is 1. The van der Waals surface area contributed by atoms with Gasteiger partial charge in [-0.1, -0.05) is 191 Å². The Bertz CT molecular complexity index is 1220. The number of aliphatic hydroxyl groups excluding tert-OH is 1. The number of carboxylic acid groups (broad SMARTS) is 1. The summed E-state index contributed by atoms with van der Waals surface area (Å²) in [7, 11) is -4.76. The summed E-state index contributed by atoms with van der Waals surface area (Å²) in [6.45, 7) is 2.56. The van der Waals surface area contributed by atoms with Gasteiger partial charge in [0.25, 0.3) is 0 Å². The molecule has 0 rings (SSSR count). The molecule has 0 saturated carbocycles. The zero-order chi connectivity index (χ0) is 44.9. The smallest absolute Gasteiger partial charge is 0.472 e. The first-order valence-corrected chi connectivity index (χ1v) is 25.7. The molecular formula is C49H88NO10P. The van der Waals surface area contributed by atoms with Crippen molar-refractivity contribution in [3.8, 4) is 0 Å². The summed E-state index contributed by atoms with van der Waals surface area (Å²) < 4.78 is 26.9. The number of aliphatic hydroxyl groups is 1. The second-order valence-electron chi connectivity index (χ2n) is 16.3. The number of allylic oxidation sites excluding steroid dienone is 8. The van der Waals surface area contributed by atoms with E-state index in [9.17, 15) is 34.1 Å². The van der Waals surface area contributed by atoms with E-state index in [2.05, 4.69) is 67.8 Å². The lowest BCUT2D eigenvalue weighted by Crippen LogP contribution is -2.43. The van der Waals surface area contributed by atoms with Crippen LogP contribution < -0.4 is 5.32 Å². The van der Waals surface area contributed by atoms with Crippen molar-refractivity contribution in [3.05, 3.63) is 48.6 Å². The highest BCUT2D eigenvalue weighted by atomic mass is 31.2. The number of phosphoric acid groups is 1. The monoisotopic (exact) mass is 882 g/mol. The number of carboxylic acids is 1. The molecule has 0 aromatic carbocycles. The summed E-state index contributed by atoms with van der Waals surface area (Å²) >= 11 is 0. The molecule has 4 N–H and O–H groups in total. The molecule has 0 heterocycles. The van der Waals surface area contributed by atoms with Crippen LogP contribution in [0.4, 0.5) is 0 Å². The zero-order valence-corrected chi connectivity index (χ0v) is 39.4. The van der Waals surface area contributed by atoms with Gasteiger partial charge in [0, 0.05) is 12.8 Å². The van der Waals surface area contributed by atoms with E-state index in [0.29, 0.717) is 12.8 Å². The van der Waals surface area contributed by atoms with E-state index in [4.69, 9.17) is 13.8 Å². The average molecular weight is 882 g/mol. The van der Waals surface area contributed by atoms with Crippen LogP contribution in [-0.2, 0) is 32.7 Å². The van der Waals surface area contributed by atoms with Crippen molar-refractivity contribution in [1.29, 1.82) is 0 Å². The van der Waals surface area contributed by atoms with Gasteiger partial charge in [0.05, 0.1) is 13.2 Å². The van der Waals surface area contributed by atoms with E-state index in [1.165, 1.54) is 103 Å². The molecule has 0 aliphatic carbocycles. The molecule has 0 bridgehead atoms. The molecule has 61 heavy (non-hydrogen) atoms. The minimum Gasteiger partial charge on any atom is -0.480 e. The third-order valence-electron chi connectivity index (χ3n) is 10.4. The molecule has 3 unspecified atom stereocenters. The van der Waals surface area contributed by atoms with Crippen molar-refractivity contribution in [2.24, 2.45) is 0 Å². The predicted molar refractivity (Wildman–Crippen MR) is 249 cm³/mol. The van der Waals surface area contributed by atoms with Crippen molar-refractivity contribution in [1.82, 2.24) is 5.32 Å². The third-order valence-corrected chi connectivity index (χ3v) is 11.3. The Morgan fingerprint density at radius 2 is 0.902 bits per heavy atom. The van der Waals surface area contributed by atoms with Crippen molar-refractivity contribution < 1.29 is 47.8 Å². The highest BCUT2D eigenvalue weighted by Gasteiger charge is 2.28. The zero-order valence-electron chi connectivity index (χ0n) is 38.5. The number of esters is 1. The maximum Gasteiger partial charge on any atom is 0.472 e. The van der Waals surface area contributed by atoms with Crippen molar-refractivity contribution in [2.75, 3.05) is 19.8 Å². The highest BCUT2D eigenvalue weighted by Crippen LogP contribution is 2.43. The van der Waals surface area contributed by atoms with Crippen LogP contribution in [0.2, 0.25) is 0 Å². The lowest BCUT2D eigenvalue weighted by Gasteiger charge is -2.18. The standard InChI is InChI=1S/C49H88NO10P/c1-3-5-7-9-11-13-15-17-19-21-22-23-24-25-27-29-31-33-35-37-39-41-48(53)58-42-45(51)43-59-61(56,57)60-44-46(49(54)55)50-47(52)40-38-36-34-32-30-28-26-20-18-16-14-12-10-8-6-4-2/h11,13,17,19,22-23,25,27,45-46,51H,3-10,12,14-16,18,20-21,24,26,28-44H2,1-2H3,(H,50,52)(H,54,55)(H,56,57)/b13-11-,19-17-,23-22-,27-25-. The Labute approximate surface area is 371 Å². The second kappa shape index (κ2) is 44.1. The van der Waals surface area contributed by atoms with Crippen LogP contribution in [0.25, 0.3) is 0 Å².